The van der Waals surface area contributed by atoms with Gasteiger partial charge in [0.15, 0.2) is 0 Å². The average Bonchev–Trinajstić information content (AvgIpc) is 2.38. The van der Waals surface area contributed by atoms with Crippen LogP contribution in [0, 0.1) is 6.92 Å². The highest BCUT2D eigenvalue weighted by atomic mass is 32.1. The first-order valence-electron chi connectivity index (χ1n) is 5.90. The number of aryl methyl sites for hydroxylation is 2. The van der Waals surface area contributed by atoms with Gasteiger partial charge in [-0.1, -0.05) is 67.2 Å². The summed E-state index contributed by atoms with van der Waals surface area (Å²) in [5, 5.41) is 1.76. The molecular formula is C16H16S. The average molecular weight is 240 g/mol. The first-order chi connectivity index (χ1) is 8.26. The zero-order valence-corrected chi connectivity index (χ0v) is 11.1. The summed E-state index contributed by atoms with van der Waals surface area (Å²) in [6, 6.07) is 14.9. The third kappa shape index (κ3) is 2.45. The van der Waals surface area contributed by atoms with E-state index in [4.69, 9.17) is 12.2 Å². The molecule has 0 aliphatic heterocycles. The van der Waals surface area contributed by atoms with E-state index in [2.05, 4.69) is 50.2 Å². The van der Waals surface area contributed by atoms with Gasteiger partial charge in [-0.15, -0.1) is 0 Å². The standard InChI is InChI=1S/C16H16S/c1-3-13-9-8-12(2)10-16(13)15-7-5-4-6-14(15)11-17/h4-11H,3H2,1-2H3. The van der Waals surface area contributed by atoms with E-state index in [9.17, 15) is 0 Å². The smallest absolute Gasteiger partial charge is 0.00923 e. The lowest BCUT2D eigenvalue weighted by Crippen LogP contribution is -1.92. The quantitative estimate of drug-likeness (QED) is 0.708. The molecule has 2 rings (SSSR count). The van der Waals surface area contributed by atoms with Gasteiger partial charge in [0.1, 0.15) is 0 Å². The molecule has 0 radical (unpaired) electrons. The van der Waals surface area contributed by atoms with E-state index >= 15 is 0 Å². The molecule has 0 amide bonds. The number of hydrogen-bond acceptors (Lipinski definition) is 1. The highest BCUT2D eigenvalue weighted by Crippen LogP contribution is 2.27. The van der Waals surface area contributed by atoms with Crippen LogP contribution in [0.4, 0.5) is 0 Å². The van der Waals surface area contributed by atoms with Crippen LogP contribution in [0.2, 0.25) is 0 Å². The van der Waals surface area contributed by atoms with Crippen molar-refractivity contribution in [2.24, 2.45) is 0 Å². The third-order valence-corrected chi connectivity index (χ3v) is 3.28. The fraction of sp³-hybridized carbons (Fsp3) is 0.188. The van der Waals surface area contributed by atoms with E-state index in [0.29, 0.717) is 0 Å². The molecule has 17 heavy (non-hydrogen) atoms. The minimum absolute atomic E-state index is 1.04. The molecule has 0 aromatic heterocycles. The maximum atomic E-state index is 5.09. The van der Waals surface area contributed by atoms with Crippen LogP contribution in [0.25, 0.3) is 11.1 Å². The highest BCUT2D eigenvalue weighted by molar-refractivity contribution is 7.79. The Morgan fingerprint density at radius 1 is 1.06 bits per heavy atom. The second kappa shape index (κ2) is 5.24. The van der Waals surface area contributed by atoms with Gasteiger partial charge in [0.2, 0.25) is 0 Å². The molecule has 0 heterocycles. The molecule has 0 unspecified atom stereocenters. The molecule has 0 spiro atoms. The highest BCUT2D eigenvalue weighted by Gasteiger charge is 2.07. The van der Waals surface area contributed by atoms with E-state index in [1.807, 2.05) is 6.07 Å². The molecular weight excluding hydrogens is 224 g/mol. The molecule has 0 saturated carbocycles. The largest absolute Gasteiger partial charge is 0.0881 e. The van der Waals surface area contributed by atoms with Crippen molar-refractivity contribution in [1.82, 2.24) is 0 Å². The van der Waals surface area contributed by atoms with Crippen molar-refractivity contribution in [2.75, 3.05) is 0 Å². The lowest BCUT2D eigenvalue weighted by atomic mass is 9.93. The normalized spacial score (nSPS) is 10.2. The molecule has 0 nitrogen and oxygen atoms in total. The van der Waals surface area contributed by atoms with Crippen molar-refractivity contribution in [1.29, 1.82) is 0 Å². The zero-order chi connectivity index (χ0) is 12.3. The topological polar surface area (TPSA) is 0 Å². The summed E-state index contributed by atoms with van der Waals surface area (Å²) in [6.07, 6.45) is 1.04. The second-order valence-electron chi connectivity index (χ2n) is 4.22. The van der Waals surface area contributed by atoms with Gasteiger partial charge in [0.25, 0.3) is 0 Å². The number of hydrogen-bond donors (Lipinski definition) is 0. The Morgan fingerprint density at radius 3 is 2.53 bits per heavy atom. The lowest BCUT2D eigenvalue weighted by Gasteiger charge is -2.11. The zero-order valence-electron chi connectivity index (χ0n) is 10.2. The molecule has 0 bridgehead atoms. The van der Waals surface area contributed by atoms with Crippen molar-refractivity contribution in [3.63, 3.8) is 0 Å². The van der Waals surface area contributed by atoms with Gasteiger partial charge in [0.05, 0.1) is 0 Å². The maximum Gasteiger partial charge on any atom is 0.00923 e. The summed E-state index contributed by atoms with van der Waals surface area (Å²) in [5.41, 5.74) is 6.34. The Hall–Kier alpha value is -1.47. The summed E-state index contributed by atoms with van der Waals surface area (Å²) in [5.74, 6) is 0. The molecule has 86 valence electrons. The molecule has 0 aliphatic rings. The first-order valence-corrected chi connectivity index (χ1v) is 6.37. The van der Waals surface area contributed by atoms with Crippen LogP contribution in [0.3, 0.4) is 0 Å². The van der Waals surface area contributed by atoms with Gasteiger partial charge in [0, 0.05) is 5.37 Å². The predicted octanol–water partition coefficient (Wildman–Crippen LogP) is 4.57. The Bertz CT molecular complexity index is 541. The SMILES string of the molecule is CCc1ccc(C)cc1-c1ccccc1C=S. The fourth-order valence-electron chi connectivity index (χ4n) is 2.09. The Labute approximate surface area is 108 Å². The molecule has 1 heteroatoms. The third-order valence-electron chi connectivity index (χ3n) is 3.02. The fourth-order valence-corrected chi connectivity index (χ4v) is 2.30. The maximum absolute atomic E-state index is 5.09. The summed E-state index contributed by atoms with van der Waals surface area (Å²) in [4.78, 5) is 0. The van der Waals surface area contributed by atoms with Gasteiger partial charge in [-0.3, -0.25) is 0 Å². The number of thiocarbonyl (C=S) groups is 1. The van der Waals surface area contributed by atoms with E-state index in [1.54, 1.807) is 5.37 Å². The molecule has 0 saturated heterocycles. The van der Waals surface area contributed by atoms with Crippen LogP contribution in [0.1, 0.15) is 23.6 Å². The molecule has 2 aromatic carbocycles. The first kappa shape index (κ1) is 12.0. The summed E-state index contributed by atoms with van der Waals surface area (Å²) < 4.78 is 0. The van der Waals surface area contributed by atoms with Crippen molar-refractivity contribution in [3.8, 4) is 11.1 Å². The summed E-state index contributed by atoms with van der Waals surface area (Å²) >= 11 is 5.09. The van der Waals surface area contributed by atoms with Crippen LogP contribution in [0.5, 0.6) is 0 Å². The Morgan fingerprint density at radius 2 is 1.82 bits per heavy atom. The van der Waals surface area contributed by atoms with Crippen molar-refractivity contribution < 1.29 is 0 Å². The lowest BCUT2D eigenvalue weighted by molar-refractivity contribution is 1.14. The Balaban J connectivity index is 2.66. The van der Waals surface area contributed by atoms with Gasteiger partial charge < -0.3 is 0 Å². The van der Waals surface area contributed by atoms with Crippen LogP contribution in [-0.4, -0.2) is 5.37 Å². The predicted molar refractivity (Wildman–Crippen MR) is 78.8 cm³/mol. The van der Waals surface area contributed by atoms with E-state index in [0.717, 1.165) is 12.0 Å². The van der Waals surface area contributed by atoms with Crippen molar-refractivity contribution >= 4 is 17.6 Å². The summed E-state index contributed by atoms with van der Waals surface area (Å²) in [7, 11) is 0. The van der Waals surface area contributed by atoms with Gasteiger partial charge >= 0.3 is 0 Å². The van der Waals surface area contributed by atoms with E-state index in [1.165, 1.54) is 22.3 Å². The monoisotopic (exact) mass is 240 g/mol. The molecule has 2 aromatic rings. The van der Waals surface area contributed by atoms with Crippen LogP contribution in [-0.2, 0) is 6.42 Å². The second-order valence-corrected chi connectivity index (χ2v) is 4.45. The molecule has 0 N–H and O–H groups in total. The van der Waals surface area contributed by atoms with Crippen molar-refractivity contribution in [3.05, 3.63) is 59.2 Å². The van der Waals surface area contributed by atoms with Crippen LogP contribution < -0.4 is 0 Å². The molecule has 0 atom stereocenters. The van der Waals surface area contributed by atoms with Crippen LogP contribution in [0.15, 0.2) is 42.5 Å². The van der Waals surface area contributed by atoms with E-state index in [-0.39, 0.29) is 0 Å². The van der Waals surface area contributed by atoms with Gasteiger partial charge in [-0.05, 0) is 35.6 Å². The number of rotatable bonds is 3. The minimum Gasteiger partial charge on any atom is -0.0881 e. The van der Waals surface area contributed by atoms with Gasteiger partial charge in [-0.2, -0.15) is 0 Å². The van der Waals surface area contributed by atoms with E-state index < -0.39 is 0 Å². The van der Waals surface area contributed by atoms with Crippen LogP contribution >= 0.6 is 12.2 Å². The summed E-state index contributed by atoms with van der Waals surface area (Å²) in [6.45, 7) is 4.32. The molecule has 0 fully saturated rings. The number of benzene rings is 2. The minimum atomic E-state index is 1.04. The van der Waals surface area contributed by atoms with Gasteiger partial charge in [-0.25, -0.2) is 0 Å². The Kier molecular flexibility index (Phi) is 3.70. The van der Waals surface area contributed by atoms with Crippen molar-refractivity contribution in [2.45, 2.75) is 20.3 Å². The molecule has 0 aliphatic carbocycles.